The summed E-state index contributed by atoms with van der Waals surface area (Å²) < 4.78 is 5.54. The zero-order valence-electron chi connectivity index (χ0n) is 12.4. The lowest BCUT2D eigenvalue weighted by molar-refractivity contribution is -0.120. The molecule has 0 saturated carbocycles. The third-order valence-corrected chi connectivity index (χ3v) is 3.49. The summed E-state index contributed by atoms with van der Waals surface area (Å²) in [6.07, 6.45) is 2.05. The third-order valence-electron chi connectivity index (χ3n) is 3.49. The van der Waals surface area contributed by atoms with E-state index >= 15 is 0 Å². The molecule has 108 valence electrons. The van der Waals surface area contributed by atoms with Gasteiger partial charge in [0.15, 0.2) is 0 Å². The Morgan fingerprint density at radius 2 is 1.95 bits per heavy atom. The molecule has 1 aromatic heterocycles. The first-order chi connectivity index (χ1) is 9.61. The van der Waals surface area contributed by atoms with Crippen molar-refractivity contribution in [1.29, 1.82) is 0 Å². The zero-order chi connectivity index (χ0) is 14.5. The monoisotopic (exact) mass is 274 g/mol. The molecule has 2 N–H and O–H groups in total. The molecule has 0 aliphatic rings. The second kappa shape index (κ2) is 6.57. The van der Waals surface area contributed by atoms with Crippen molar-refractivity contribution in [2.45, 2.75) is 27.2 Å². The predicted octanol–water partition coefficient (Wildman–Crippen LogP) is 2.32. The van der Waals surface area contributed by atoms with Crippen LogP contribution in [0.25, 0.3) is 11.0 Å². The standard InChI is InChI=1S/C16H22N2O2/c1-4-17-5-6-18-16(19)9-13-10-20-15-8-12(3)11(2)7-14(13)15/h7-8,10,17H,4-6,9H2,1-3H3,(H,18,19). The van der Waals surface area contributed by atoms with Crippen molar-refractivity contribution >= 4 is 16.9 Å². The van der Waals surface area contributed by atoms with E-state index in [9.17, 15) is 4.79 Å². The smallest absolute Gasteiger partial charge is 0.224 e. The van der Waals surface area contributed by atoms with Gasteiger partial charge in [0.2, 0.25) is 5.91 Å². The molecule has 0 aliphatic heterocycles. The number of furan rings is 1. The minimum atomic E-state index is 0.0313. The van der Waals surface area contributed by atoms with Crippen LogP contribution >= 0.6 is 0 Å². The van der Waals surface area contributed by atoms with E-state index in [0.717, 1.165) is 29.6 Å². The Morgan fingerprint density at radius 3 is 2.70 bits per heavy atom. The Kier molecular flexibility index (Phi) is 4.79. The average molecular weight is 274 g/mol. The molecule has 4 heteroatoms. The van der Waals surface area contributed by atoms with Crippen LogP contribution in [0.1, 0.15) is 23.6 Å². The Balaban J connectivity index is 2.02. The lowest BCUT2D eigenvalue weighted by Gasteiger charge is -2.05. The molecule has 0 radical (unpaired) electrons. The minimum Gasteiger partial charge on any atom is -0.464 e. The van der Waals surface area contributed by atoms with Gasteiger partial charge in [0.1, 0.15) is 5.58 Å². The van der Waals surface area contributed by atoms with Gasteiger partial charge in [-0.15, -0.1) is 0 Å². The van der Waals surface area contributed by atoms with Gasteiger partial charge in [-0.2, -0.15) is 0 Å². The lowest BCUT2D eigenvalue weighted by Crippen LogP contribution is -2.32. The van der Waals surface area contributed by atoms with Gasteiger partial charge in [0.05, 0.1) is 12.7 Å². The van der Waals surface area contributed by atoms with Crippen LogP contribution in [-0.4, -0.2) is 25.5 Å². The fourth-order valence-corrected chi connectivity index (χ4v) is 2.18. The van der Waals surface area contributed by atoms with Gasteiger partial charge in [-0.25, -0.2) is 0 Å². The van der Waals surface area contributed by atoms with Gasteiger partial charge >= 0.3 is 0 Å². The van der Waals surface area contributed by atoms with Crippen LogP contribution in [0, 0.1) is 13.8 Å². The number of hydrogen-bond donors (Lipinski definition) is 2. The van der Waals surface area contributed by atoms with Crippen molar-refractivity contribution < 1.29 is 9.21 Å². The van der Waals surface area contributed by atoms with E-state index in [-0.39, 0.29) is 5.91 Å². The Bertz CT molecular complexity index is 602. The summed E-state index contributed by atoms with van der Waals surface area (Å²) in [5, 5.41) is 7.11. The van der Waals surface area contributed by atoms with Gasteiger partial charge in [0, 0.05) is 24.0 Å². The van der Waals surface area contributed by atoms with Crippen LogP contribution in [0.5, 0.6) is 0 Å². The van der Waals surface area contributed by atoms with Crippen molar-refractivity contribution in [1.82, 2.24) is 10.6 Å². The lowest BCUT2D eigenvalue weighted by atomic mass is 10.0. The molecule has 20 heavy (non-hydrogen) atoms. The van der Waals surface area contributed by atoms with E-state index < -0.39 is 0 Å². The topological polar surface area (TPSA) is 54.3 Å². The van der Waals surface area contributed by atoms with Crippen LogP contribution in [0.15, 0.2) is 22.8 Å². The predicted molar refractivity (Wildman–Crippen MR) is 80.9 cm³/mol. The fourth-order valence-electron chi connectivity index (χ4n) is 2.18. The molecule has 0 bridgehead atoms. The molecule has 2 aromatic rings. The van der Waals surface area contributed by atoms with Crippen molar-refractivity contribution in [2.75, 3.05) is 19.6 Å². The van der Waals surface area contributed by atoms with E-state index in [0.29, 0.717) is 13.0 Å². The first-order valence-electron chi connectivity index (χ1n) is 7.06. The summed E-state index contributed by atoms with van der Waals surface area (Å²) in [5.74, 6) is 0.0313. The van der Waals surface area contributed by atoms with E-state index in [1.165, 1.54) is 11.1 Å². The van der Waals surface area contributed by atoms with Crippen molar-refractivity contribution in [2.24, 2.45) is 0 Å². The highest BCUT2D eigenvalue weighted by Crippen LogP contribution is 2.25. The Hall–Kier alpha value is -1.81. The van der Waals surface area contributed by atoms with Crippen LogP contribution in [0.4, 0.5) is 0 Å². The number of carbonyl (C=O) groups excluding carboxylic acids is 1. The first kappa shape index (κ1) is 14.6. The zero-order valence-corrected chi connectivity index (χ0v) is 12.4. The van der Waals surface area contributed by atoms with E-state index in [1.807, 2.05) is 13.0 Å². The number of hydrogen-bond acceptors (Lipinski definition) is 3. The van der Waals surface area contributed by atoms with Gasteiger partial charge in [0.25, 0.3) is 0 Å². The largest absolute Gasteiger partial charge is 0.464 e. The van der Waals surface area contributed by atoms with Gasteiger partial charge < -0.3 is 15.1 Å². The molecule has 0 unspecified atom stereocenters. The highest BCUT2D eigenvalue weighted by Gasteiger charge is 2.11. The molecule has 2 rings (SSSR count). The van der Waals surface area contributed by atoms with E-state index in [1.54, 1.807) is 6.26 Å². The van der Waals surface area contributed by atoms with Crippen LogP contribution in [0.2, 0.25) is 0 Å². The Morgan fingerprint density at radius 1 is 1.20 bits per heavy atom. The minimum absolute atomic E-state index is 0.0313. The van der Waals surface area contributed by atoms with Crippen molar-refractivity contribution in [3.05, 3.63) is 35.1 Å². The summed E-state index contributed by atoms with van der Waals surface area (Å²) in [6, 6.07) is 4.12. The maximum atomic E-state index is 11.9. The molecule has 1 heterocycles. The summed E-state index contributed by atoms with van der Waals surface area (Å²) >= 11 is 0. The average Bonchev–Trinajstić information content (AvgIpc) is 2.78. The number of rotatable bonds is 6. The number of nitrogens with one attached hydrogen (secondary N) is 2. The molecule has 1 amide bonds. The number of likely N-dealkylation sites (N-methyl/N-ethyl adjacent to an activating group) is 1. The summed E-state index contributed by atoms with van der Waals surface area (Å²) in [6.45, 7) is 8.55. The molecule has 0 aliphatic carbocycles. The molecule has 0 atom stereocenters. The first-order valence-corrected chi connectivity index (χ1v) is 7.06. The number of amides is 1. The quantitative estimate of drug-likeness (QED) is 0.795. The second-order valence-electron chi connectivity index (χ2n) is 5.07. The van der Waals surface area contributed by atoms with Crippen LogP contribution < -0.4 is 10.6 Å². The Labute approximate surface area is 119 Å². The van der Waals surface area contributed by atoms with Crippen LogP contribution in [0.3, 0.4) is 0 Å². The maximum absolute atomic E-state index is 11.9. The number of aryl methyl sites for hydroxylation is 2. The molecular weight excluding hydrogens is 252 g/mol. The van der Waals surface area contributed by atoms with Gasteiger partial charge in [-0.1, -0.05) is 6.92 Å². The summed E-state index contributed by atoms with van der Waals surface area (Å²) in [5.41, 5.74) is 4.22. The molecule has 0 spiro atoms. The van der Waals surface area contributed by atoms with Crippen molar-refractivity contribution in [3.63, 3.8) is 0 Å². The number of benzene rings is 1. The normalized spacial score (nSPS) is 10.9. The van der Waals surface area contributed by atoms with Gasteiger partial charge in [-0.3, -0.25) is 4.79 Å². The summed E-state index contributed by atoms with van der Waals surface area (Å²) in [7, 11) is 0. The molecule has 4 nitrogen and oxygen atoms in total. The second-order valence-corrected chi connectivity index (χ2v) is 5.07. The molecular formula is C16H22N2O2. The third kappa shape index (κ3) is 3.39. The van der Waals surface area contributed by atoms with E-state index in [4.69, 9.17) is 4.42 Å². The van der Waals surface area contributed by atoms with E-state index in [2.05, 4.69) is 30.5 Å². The molecule has 0 saturated heterocycles. The SMILES string of the molecule is CCNCCNC(=O)Cc1coc2cc(C)c(C)cc12. The fraction of sp³-hybridized carbons (Fsp3) is 0.438. The number of carbonyl (C=O) groups is 1. The van der Waals surface area contributed by atoms with Gasteiger partial charge in [-0.05, 0) is 43.7 Å². The molecule has 1 aromatic carbocycles. The van der Waals surface area contributed by atoms with Crippen molar-refractivity contribution in [3.8, 4) is 0 Å². The van der Waals surface area contributed by atoms with Crippen LogP contribution in [-0.2, 0) is 11.2 Å². The molecule has 0 fully saturated rings. The number of fused-ring (bicyclic) bond motifs is 1. The highest BCUT2D eigenvalue weighted by atomic mass is 16.3. The highest BCUT2D eigenvalue weighted by molar-refractivity contribution is 5.88. The maximum Gasteiger partial charge on any atom is 0.224 e. The summed E-state index contributed by atoms with van der Waals surface area (Å²) in [4.78, 5) is 11.9.